The molecule has 1 aliphatic rings. The van der Waals surface area contributed by atoms with Gasteiger partial charge >= 0.3 is 0 Å². The van der Waals surface area contributed by atoms with Crippen LogP contribution in [0.15, 0.2) is 46.2 Å². The van der Waals surface area contributed by atoms with Crippen LogP contribution in [0.25, 0.3) is 0 Å². The van der Waals surface area contributed by atoms with Gasteiger partial charge in [0.2, 0.25) is 0 Å². The molecule has 0 unspecified atom stereocenters. The van der Waals surface area contributed by atoms with Crippen LogP contribution in [0, 0.1) is 0 Å². The maximum absolute atomic E-state index is 6.66. The molecule has 1 fully saturated rings. The predicted molar refractivity (Wildman–Crippen MR) is 90.2 cm³/mol. The zero-order valence-electron chi connectivity index (χ0n) is 11.7. The van der Waals surface area contributed by atoms with E-state index in [1.807, 2.05) is 24.3 Å². The average Bonchev–Trinajstić information content (AvgIpc) is 2.43. The number of halogens is 2. The first kappa shape index (κ1) is 15.1. The van der Waals surface area contributed by atoms with Crippen LogP contribution in [0.3, 0.4) is 0 Å². The highest BCUT2D eigenvalue weighted by atomic mass is 35.5. The van der Waals surface area contributed by atoms with Gasteiger partial charge in [0.15, 0.2) is 0 Å². The average molecular weight is 339 g/mol. The summed E-state index contributed by atoms with van der Waals surface area (Å²) in [5.41, 5.74) is 1.08. The van der Waals surface area contributed by atoms with Gasteiger partial charge in [-0.1, -0.05) is 59.6 Å². The van der Waals surface area contributed by atoms with E-state index in [0.29, 0.717) is 10.9 Å². The van der Waals surface area contributed by atoms with Crippen molar-refractivity contribution < 1.29 is 4.74 Å². The van der Waals surface area contributed by atoms with Crippen molar-refractivity contribution in [1.29, 1.82) is 0 Å². The zero-order chi connectivity index (χ0) is 14.8. The van der Waals surface area contributed by atoms with Crippen LogP contribution in [-0.4, -0.2) is 7.11 Å². The lowest BCUT2D eigenvalue weighted by Crippen LogP contribution is -2.11. The van der Waals surface area contributed by atoms with Gasteiger partial charge in [0.25, 0.3) is 0 Å². The van der Waals surface area contributed by atoms with Crippen molar-refractivity contribution in [2.75, 3.05) is 7.11 Å². The summed E-state index contributed by atoms with van der Waals surface area (Å²) in [5.74, 6) is 1.21. The highest BCUT2D eigenvalue weighted by molar-refractivity contribution is 7.99. The second kappa shape index (κ2) is 6.51. The van der Waals surface area contributed by atoms with Crippen molar-refractivity contribution >= 4 is 35.0 Å². The highest BCUT2D eigenvalue weighted by Gasteiger charge is 2.28. The zero-order valence-corrected chi connectivity index (χ0v) is 14.1. The van der Waals surface area contributed by atoms with E-state index in [1.165, 1.54) is 6.42 Å². The first-order valence-corrected chi connectivity index (χ1v) is 8.56. The largest absolute Gasteiger partial charge is 0.495 e. The molecule has 0 amide bonds. The fraction of sp³-hybridized carbons (Fsp3) is 0.294. The van der Waals surface area contributed by atoms with Crippen molar-refractivity contribution in [1.82, 2.24) is 0 Å². The fourth-order valence-electron chi connectivity index (χ4n) is 2.56. The van der Waals surface area contributed by atoms with Crippen LogP contribution in [-0.2, 0) is 0 Å². The van der Waals surface area contributed by atoms with E-state index in [9.17, 15) is 0 Å². The summed E-state index contributed by atoms with van der Waals surface area (Å²) < 4.78 is 5.49. The third kappa shape index (κ3) is 3.03. The molecule has 21 heavy (non-hydrogen) atoms. The van der Waals surface area contributed by atoms with Crippen LogP contribution < -0.4 is 4.74 Å². The van der Waals surface area contributed by atoms with E-state index in [0.717, 1.165) is 39.0 Å². The maximum atomic E-state index is 6.66. The molecule has 0 heterocycles. The predicted octanol–water partition coefficient (Wildman–Crippen LogP) is 6.42. The van der Waals surface area contributed by atoms with Crippen LogP contribution in [0.1, 0.15) is 30.7 Å². The van der Waals surface area contributed by atoms with Gasteiger partial charge < -0.3 is 4.74 Å². The molecule has 0 bridgehead atoms. The summed E-state index contributed by atoms with van der Waals surface area (Å²) >= 11 is 14.7. The lowest BCUT2D eigenvalue weighted by atomic mass is 9.79. The van der Waals surface area contributed by atoms with Gasteiger partial charge in [0.05, 0.1) is 17.2 Å². The Bertz CT molecular complexity index is 639. The normalized spacial score (nSPS) is 14.8. The molecule has 0 spiro atoms. The van der Waals surface area contributed by atoms with E-state index >= 15 is 0 Å². The first-order chi connectivity index (χ1) is 10.2. The molecule has 2 aromatic rings. The molecular formula is C17H16Cl2OS. The number of rotatable bonds is 4. The number of benzene rings is 2. The van der Waals surface area contributed by atoms with E-state index in [1.54, 1.807) is 18.9 Å². The van der Waals surface area contributed by atoms with Gasteiger partial charge in [0.1, 0.15) is 5.75 Å². The molecule has 2 aromatic carbocycles. The van der Waals surface area contributed by atoms with E-state index in [4.69, 9.17) is 27.9 Å². The molecule has 0 aromatic heterocycles. The number of ether oxygens (including phenoxy) is 1. The Morgan fingerprint density at radius 2 is 1.86 bits per heavy atom. The summed E-state index contributed by atoms with van der Waals surface area (Å²) in [5, 5.41) is 1.43. The SMILES string of the molecule is COc1c(Cl)cc(Sc2ccccc2)c(Cl)c1C1CCC1. The minimum atomic E-state index is 0.473. The quantitative estimate of drug-likeness (QED) is 0.635. The minimum Gasteiger partial charge on any atom is -0.495 e. The Labute approximate surface area is 139 Å². The number of hydrogen-bond acceptors (Lipinski definition) is 2. The van der Waals surface area contributed by atoms with Gasteiger partial charge in [-0.05, 0) is 37.0 Å². The molecule has 1 aliphatic carbocycles. The van der Waals surface area contributed by atoms with Gasteiger partial charge in [-0.15, -0.1) is 0 Å². The van der Waals surface area contributed by atoms with Crippen LogP contribution in [0.4, 0.5) is 0 Å². The van der Waals surface area contributed by atoms with Crippen molar-refractivity contribution in [3.8, 4) is 5.75 Å². The molecule has 0 N–H and O–H groups in total. The Hall–Kier alpha value is -0.830. The summed E-state index contributed by atoms with van der Waals surface area (Å²) in [6.45, 7) is 0. The Morgan fingerprint density at radius 3 is 2.43 bits per heavy atom. The molecule has 0 atom stereocenters. The van der Waals surface area contributed by atoms with Crippen molar-refractivity contribution in [3.05, 3.63) is 52.0 Å². The van der Waals surface area contributed by atoms with E-state index in [-0.39, 0.29) is 0 Å². The maximum Gasteiger partial charge on any atom is 0.142 e. The first-order valence-electron chi connectivity index (χ1n) is 6.99. The van der Waals surface area contributed by atoms with Crippen LogP contribution >= 0.6 is 35.0 Å². The minimum absolute atomic E-state index is 0.473. The number of methoxy groups -OCH3 is 1. The van der Waals surface area contributed by atoms with Crippen LogP contribution in [0.2, 0.25) is 10.0 Å². The summed E-state index contributed by atoms with van der Waals surface area (Å²) in [6, 6.07) is 12.1. The standard InChI is InChI=1S/C17H16Cl2OS/c1-20-17-13(18)10-14(21-12-8-3-2-4-9-12)16(19)15(17)11-6-5-7-11/h2-4,8-11H,5-7H2,1H3. The Morgan fingerprint density at radius 1 is 1.14 bits per heavy atom. The third-order valence-electron chi connectivity index (χ3n) is 3.86. The van der Waals surface area contributed by atoms with Crippen molar-refractivity contribution in [2.45, 2.75) is 35.0 Å². The summed E-state index contributed by atoms with van der Waals surface area (Å²) in [6.07, 6.45) is 3.57. The fourth-order valence-corrected chi connectivity index (χ4v) is 4.25. The van der Waals surface area contributed by atoms with Crippen LogP contribution in [0.5, 0.6) is 5.75 Å². The monoisotopic (exact) mass is 338 g/mol. The van der Waals surface area contributed by atoms with Gasteiger partial charge in [-0.25, -0.2) is 0 Å². The van der Waals surface area contributed by atoms with Crippen molar-refractivity contribution in [3.63, 3.8) is 0 Å². The smallest absolute Gasteiger partial charge is 0.142 e. The van der Waals surface area contributed by atoms with Gasteiger partial charge in [-0.2, -0.15) is 0 Å². The molecular weight excluding hydrogens is 323 g/mol. The van der Waals surface area contributed by atoms with E-state index < -0.39 is 0 Å². The number of hydrogen-bond donors (Lipinski definition) is 0. The molecule has 1 nitrogen and oxygen atoms in total. The molecule has 1 saturated carbocycles. The molecule has 0 saturated heterocycles. The second-order valence-corrected chi connectivity index (χ2v) is 7.06. The topological polar surface area (TPSA) is 9.23 Å². The summed E-state index contributed by atoms with van der Waals surface area (Å²) in [7, 11) is 1.66. The second-order valence-electron chi connectivity index (χ2n) is 5.16. The Balaban J connectivity index is 2.03. The lowest BCUT2D eigenvalue weighted by Gasteiger charge is -2.29. The highest BCUT2D eigenvalue weighted by Crippen LogP contribution is 2.50. The van der Waals surface area contributed by atoms with E-state index in [2.05, 4.69) is 12.1 Å². The molecule has 4 heteroatoms. The van der Waals surface area contributed by atoms with Gasteiger partial charge in [-0.3, -0.25) is 0 Å². The summed E-state index contributed by atoms with van der Waals surface area (Å²) in [4.78, 5) is 2.15. The molecule has 0 aliphatic heterocycles. The molecule has 3 rings (SSSR count). The Kier molecular flexibility index (Phi) is 4.68. The third-order valence-corrected chi connectivity index (χ3v) is 5.71. The van der Waals surface area contributed by atoms with Crippen molar-refractivity contribution in [2.24, 2.45) is 0 Å². The molecule has 110 valence electrons. The molecule has 0 radical (unpaired) electrons. The van der Waals surface area contributed by atoms with Gasteiger partial charge in [0, 0.05) is 15.4 Å². The lowest BCUT2D eigenvalue weighted by molar-refractivity contribution is 0.373.